The SMILES string of the molecule is O=C(N=Nc1c(O)[nH]c(=O)[nH]c1=O)/C(=C/c1ccc2c(c1)OCO2)NC(=O)c1ccccc1. The van der Waals surface area contributed by atoms with Crippen molar-refractivity contribution in [1.29, 1.82) is 0 Å². The first-order valence-corrected chi connectivity index (χ1v) is 9.40. The summed E-state index contributed by atoms with van der Waals surface area (Å²) in [6, 6.07) is 13.0. The monoisotopic (exact) mass is 449 g/mol. The lowest BCUT2D eigenvalue weighted by Gasteiger charge is -2.07. The number of aromatic hydroxyl groups is 1. The minimum atomic E-state index is -1.05. The van der Waals surface area contributed by atoms with Gasteiger partial charge in [0.1, 0.15) is 5.70 Å². The van der Waals surface area contributed by atoms with E-state index >= 15 is 0 Å². The van der Waals surface area contributed by atoms with Crippen molar-refractivity contribution in [3.8, 4) is 17.4 Å². The highest BCUT2D eigenvalue weighted by Gasteiger charge is 2.17. The molecule has 3 aromatic rings. The van der Waals surface area contributed by atoms with Crippen LogP contribution in [-0.4, -0.2) is 33.7 Å². The number of azo groups is 1. The van der Waals surface area contributed by atoms with Gasteiger partial charge in [-0.25, -0.2) is 4.79 Å². The minimum Gasteiger partial charge on any atom is -0.493 e. The normalized spacial score (nSPS) is 12.7. The zero-order valence-corrected chi connectivity index (χ0v) is 16.7. The van der Waals surface area contributed by atoms with Crippen molar-refractivity contribution in [3.05, 3.63) is 86.2 Å². The summed E-state index contributed by atoms with van der Waals surface area (Å²) in [5.74, 6) is -1.50. The highest BCUT2D eigenvalue weighted by Crippen LogP contribution is 2.33. The van der Waals surface area contributed by atoms with Crippen LogP contribution in [0.1, 0.15) is 15.9 Å². The molecule has 4 N–H and O–H groups in total. The molecule has 2 heterocycles. The topological polar surface area (TPSA) is 175 Å². The van der Waals surface area contributed by atoms with Crippen LogP contribution in [-0.2, 0) is 4.79 Å². The van der Waals surface area contributed by atoms with Gasteiger partial charge in [0.15, 0.2) is 11.5 Å². The van der Waals surface area contributed by atoms with E-state index in [2.05, 4.69) is 15.5 Å². The molecular weight excluding hydrogens is 434 g/mol. The standard InChI is InChI=1S/C21H15N5O7/c27-17(12-4-2-1-3-5-12)22-13(8-11-6-7-14-15(9-11)33-10-32-14)18(28)26-25-16-19(29)23-21(31)24-20(16)30/h1-9H,10H2,(H,22,27)(H3,23,24,29,30,31)/b13-8-,26-25?. The summed E-state index contributed by atoms with van der Waals surface area (Å²) in [7, 11) is 0. The van der Waals surface area contributed by atoms with Crippen LogP contribution in [0.2, 0.25) is 0 Å². The van der Waals surface area contributed by atoms with Gasteiger partial charge in [0.2, 0.25) is 18.4 Å². The fourth-order valence-electron chi connectivity index (χ4n) is 2.81. The number of hydrogen-bond donors (Lipinski definition) is 4. The third-order valence-electron chi connectivity index (χ3n) is 4.36. The molecule has 0 spiro atoms. The Bertz CT molecular complexity index is 1410. The van der Waals surface area contributed by atoms with Gasteiger partial charge in [0.05, 0.1) is 0 Å². The molecule has 0 saturated heterocycles. The van der Waals surface area contributed by atoms with Gasteiger partial charge in [-0.1, -0.05) is 24.3 Å². The lowest BCUT2D eigenvalue weighted by molar-refractivity contribution is -0.115. The molecule has 1 aliphatic heterocycles. The van der Waals surface area contributed by atoms with E-state index in [1.165, 1.54) is 6.08 Å². The van der Waals surface area contributed by atoms with Crippen LogP contribution in [0.5, 0.6) is 17.4 Å². The number of H-pyrrole nitrogens is 2. The maximum Gasteiger partial charge on any atom is 0.328 e. The van der Waals surface area contributed by atoms with Crippen LogP contribution in [0, 0.1) is 0 Å². The third-order valence-corrected chi connectivity index (χ3v) is 4.36. The van der Waals surface area contributed by atoms with Gasteiger partial charge in [-0.2, -0.15) is 0 Å². The van der Waals surface area contributed by atoms with E-state index in [-0.39, 0.29) is 18.1 Å². The number of fused-ring (bicyclic) bond motifs is 1. The molecule has 0 atom stereocenters. The summed E-state index contributed by atoms with van der Waals surface area (Å²) >= 11 is 0. The number of nitrogens with zero attached hydrogens (tertiary/aromatic N) is 2. The molecule has 0 unspecified atom stereocenters. The van der Waals surface area contributed by atoms with E-state index in [1.807, 2.05) is 9.97 Å². The predicted octanol–water partition coefficient (Wildman–Crippen LogP) is 1.58. The lowest BCUT2D eigenvalue weighted by Crippen LogP contribution is -2.26. The van der Waals surface area contributed by atoms with Crippen molar-refractivity contribution >= 4 is 23.6 Å². The summed E-state index contributed by atoms with van der Waals surface area (Å²) in [5, 5.41) is 19.0. The zero-order chi connectivity index (χ0) is 23.4. The van der Waals surface area contributed by atoms with Gasteiger partial charge in [-0.3, -0.25) is 24.4 Å². The Balaban J connectivity index is 1.67. The van der Waals surface area contributed by atoms with Gasteiger partial charge in [0, 0.05) is 5.56 Å². The molecule has 0 bridgehead atoms. The van der Waals surface area contributed by atoms with Gasteiger partial charge < -0.3 is 19.9 Å². The molecule has 12 heteroatoms. The fraction of sp³-hybridized carbons (Fsp3) is 0.0476. The number of aromatic amines is 2. The number of aromatic nitrogens is 2. The average molecular weight is 449 g/mol. The van der Waals surface area contributed by atoms with Crippen molar-refractivity contribution in [2.45, 2.75) is 0 Å². The van der Waals surface area contributed by atoms with Gasteiger partial charge in [-0.15, -0.1) is 10.2 Å². The number of rotatable bonds is 5. The van der Waals surface area contributed by atoms with Crippen LogP contribution < -0.4 is 26.0 Å². The summed E-state index contributed by atoms with van der Waals surface area (Å²) in [6.45, 7) is 0.0600. The van der Waals surface area contributed by atoms with Crippen molar-refractivity contribution in [2.24, 2.45) is 10.2 Å². The van der Waals surface area contributed by atoms with E-state index in [4.69, 9.17) is 9.47 Å². The first-order chi connectivity index (χ1) is 15.9. The number of ether oxygens (including phenoxy) is 2. The van der Waals surface area contributed by atoms with Crippen molar-refractivity contribution < 1.29 is 24.2 Å². The Morgan fingerprint density at radius 3 is 2.55 bits per heavy atom. The second-order valence-electron chi connectivity index (χ2n) is 6.60. The van der Waals surface area contributed by atoms with E-state index in [0.717, 1.165) is 0 Å². The number of hydrogen-bond acceptors (Lipinski definition) is 8. The number of carbonyl (C=O) groups is 2. The van der Waals surface area contributed by atoms with Gasteiger partial charge in [-0.05, 0) is 35.9 Å². The molecule has 0 radical (unpaired) electrons. The smallest absolute Gasteiger partial charge is 0.328 e. The fourth-order valence-corrected chi connectivity index (χ4v) is 2.81. The quantitative estimate of drug-likeness (QED) is 0.338. The van der Waals surface area contributed by atoms with Crippen LogP contribution >= 0.6 is 0 Å². The second kappa shape index (κ2) is 9.01. The molecule has 1 aliphatic rings. The molecule has 1 aromatic heterocycles. The number of benzene rings is 2. The summed E-state index contributed by atoms with van der Waals surface area (Å²) in [5.41, 5.74) is -2.19. The highest BCUT2D eigenvalue weighted by atomic mass is 16.7. The largest absolute Gasteiger partial charge is 0.493 e. The summed E-state index contributed by atoms with van der Waals surface area (Å²) in [4.78, 5) is 52.1. The van der Waals surface area contributed by atoms with Crippen LogP contribution in [0.4, 0.5) is 5.69 Å². The van der Waals surface area contributed by atoms with Crippen LogP contribution in [0.3, 0.4) is 0 Å². The molecule has 0 aliphatic carbocycles. The number of carbonyl (C=O) groups excluding carboxylic acids is 2. The van der Waals surface area contributed by atoms with Crippen molar-refractivity contribution in [3.63, 3.8) is 0 Å². The van der Waals surface area contributed by atoms with Crippen LogP contribution in [0.25, 0.3) is 6.08 Å². The lowest BCUT2D eigenvalue weighted by atomic mass is 10.1. The second-order valence-corrected chi connectivity index (χ2v) is 6.60. The van der Waals surface area contributed by atoms with E-state index < -0.39 is 34.6 Å². The van der Waals surface area contributed by atoms with Crippen LogP contribution in [0.15, 0.2) is 74.0 Å². The molecule has 166 valence electrons. The number of amides is 2. The Hall–Kier alpha value is -5.00. The van der Waals surface area contributed by atoms with Crippen molar-refractivity contribution in [2.75, 3.05) is 6.79 Å². The molecule has 33 heavy (non-hydrogen) atoms. The summed E-state index contributed by atoms with van der Waals surface area (Å²) < 4.78 is 10.6. The Labute approximate surface area is 184 Å². The molecule has 4 rings (SSSR count). The molecule has 0 fully saturated rings. The van der Waals surface area contributed by atoms with E-state index in [9.17, 15) is 24.3 Å². The highest BCUT2D eigenvalue weighted by molar-refractivity contribution is 6.05. The molecule has 12 nitrogen and oxygen atoms in total. The molecular formula is C21H15N5O7. The maximum absolute atomic E-state index is 12.7. The molecule has 2 aromatic carbocycles. The van der Waals surface area contributed by atoms with Gasteiger partial charge in [0.25, 0.3) is 11.5 Å². The van der Waals surface area contributed by atoms with Gasteiger partial charge >= 0.3 is 11.6 Å². The summed E-state index contributed by atoms with van der Waals surface area (Å²) in [6.07, 6.45) is 1.33. The minimum absolute atomic E-state index is 0.0600. The molecule has 0 saturated carbocycles. The predicted molar refractivity (Wildman–Crippen MR) is 113 cm³/mol. The van der Waals surface area contributed by atoms with Crippen molar-refractivity contribution in [1.82, 2.24) is 15.3 Å². The van der Waals surface area contributed by atoms with E-state index in [1.54, 1.807) is 48.5 Å². The van der Waals surface area contributed by atoms with E-state index in [0.29, 0.717) is 17.1 Å². The Morgan fingerprint density at radius 1 is 1.03 bits per heavy atom. The zero-order valence-electron chi connectivity index (χ0n) is 16.7. The first kappa shape index (κ1) is 21.2. The third kappa shape index (κ3) is 4.85. The Morgan fingerprint density at radius 2 is 1.79 bits per heavy atom. The average Bonchev–Trinajstić information content (AvgIpc) is 3.26. The molecule has 2 amide bonds. The maximum atomic E-state index is 12.7. The Kier molecular flexibility index (Phi) is 5.80. The first-order valence-electron chi connectivity index (χ1n) is 9.40. The number of nitrogens with one attached hydrogen (secondary N) is 3.